The highest BCUT2D eigenvalue weighted by Crippen LogP contribution is 2.10. The van der Waals surface area contributed by atoms with E-state index in [0.717, 1.165) is 13.1 Å². The summed E-state index contributed by atoms with van der Waals surface area (Å²) in [5.74, 6) is 0. The smallest absolute Gasteiger partial charge is 0.102 e. The Balaban J connectivity index is 2.19. The minimum atomic E-state index is 0.456. The van der Waals surface area contributed by atoms with Crippen molar-refractivity contribution in [3.05, 3.63) is 18.0 Å². The maximum Gasteiger partial charge on any atom is 0.102 e. The average Bonchev–Trinajstić information content (AvgIpc) is 2.32. The molecular weight excluding hydrogens is 140 g/mol. The van der Waals surface area contributed by atoms with Crippen molar-refractivity contribution in [1.82, 2.24) is 15.1 Å². The summed E-state index contributed by atoms with van der Waals surface area (Å²) >= 11 is 0. The van der Waals surface area contributed by atoms with Crippen molar-refractivity contribution >= 4 is 0 Å². The van der Waals surface area contributed by atoms with Crippen LogP contribution in [0.1, 0.15) is 11.6 Å². The van der Waals surface area contributed by atoms with Gasteiger partial charge in [0.15, 0.2) is 0 Å². The number of nitriles is 1. The Bertz CT molecular complexity index is 292. The van der Waals surface area contributed by atoms with Crippen molar-refractivity contribution in [2.24, 2.45) is 0 Å². The fourth-order valence-corrected chi connectivity index (χ4v) is 1.06. The molecule has 0 unspecified atom stereocenters. The Kier molecular flexibility index (Phi) is 1.37. The first-order valence-corrected chi connectivity index (χ1v) is 3.55. The monoisotopic (exact) mass is 148 g/mol. The average molecular weight is 148 g/mol. The van der Waals surface area contributed by atoms with Crippen molar-refractivity contribution < 1.29 is 0 Å². The topological polar surface area (TPSA) is 53.6 Å². The molecule has 2 heterocycles. The van der Waals surface area contributed by atoms with E-state index in [9.17, 15) is 0 Å². The van der Waals surface area contributed by atoms with Crippen LogP contribution in [0.4, 0.5) is 0 Å². The first kappa shape index (κ1) is 6.38. The third kappa shape index (κ3) is 0.994. The summed E-state index contributed by atoms with van der Waals surface area (Å²) in [5.41, 5.74) is 0.636. The molecule has 0 bridgehead atoms. The largest absolute Gasteiger partial charge is 0.312 e. The number of rotatable bonds is 1. The van der Waals surface area contributed by atoms with Crippen molar-refractivity contribution in [3.63, 3.8) is 0 Å². The van der Waals surface area contributed by atoms with Crippen molar-refractivity contribution in [2.45, 2.75) is 6.04 Å². The van der Waals surface area contributed by atoms with E-state index in [1.165, 1.54) is 0 Å². The van der Waals surface area contributed by atoms with Crippen LogP contribution in [0.25, 0.3) is 0 Å². The summed E-state index contributed by atoms with van der Waals surface area (Å²) < 4.78 is 1.84. The summed E-state index contributed by atoms with van der Waals surface area (Å²) in [6.07, 6.45) is 3.38. The van der Waals surface area contributed by atoms with E-state index in [2.05, 4.69) is 10.4 Å². The van der Waals surface area contributed by atoms with Gasteiger partial charge >= 0.3 is 0 Å². The van der Waals surface area contributed by atoms with Crippen LogP contribution in [0.2, 0.25) is 0 Å². The molecule has 1 aromatic heterocycles. The van der Waals surface area contributed by atoms with Crippen LogP contribution >= 0.6 is 0 Å². The molecule has 56 valence electrons. The molecule has 2 rings (SSSR count). The highest BCUT2D eigenvalue weighted by Gasteiger charge is 2.18. The molecule has 0 aliphatic carbocycles. The third-order valence-electron chi connectivity index (χ3n) is 1.86. The first-order chi connectivity index (χ1) is 5.40. The number of nitrogens with one attached hydrogen (secondary N) is 1. The standard InChI is InChI=1S/C7H8N4/c8-1-6-2-10-11(5-6)7-3-9-4-7/h2,5,7,9H,3-4H2. The van der Waals surface area contributed by atoms with Gasteiger partial charge in [0.2, 0.25) is 0 Å². The fourth-order valence-electron chi connectivity index (χ4n) is 1.06. The molecule has 0 amide bonds. The molecule has 0 atom stereocenters. The van der Waals surface area contributed by atoms with Crippen molar-refractivity contribution in [2.75, 3.05) is 13.1 Å². The van der Waals surface area contributed by atoms with Gasteiger partial charge < -0.3 is 5.32 Å². The lowest BCUT2D eigenvalue weighted by Gasteiger charge is -2.26. The Hall–Kier alpha value is -1.34. The van der Waals surface area contributed by atoms with E-state index in [1.807, 2.05) is 10.8 Å². The van der Waals surface area contributed by atoms with Gasteiger partial charge in [-0.1, -0.05) is 0 Å². The van der Waals surface area contributed by atoms with Gasteiger partial charge in [0.05, 0.1) is 17.8 Å². The van der Waals surface area contributed by atoms with Gasteiger partial charge in [0.1, 0.15) is 6.07 Å². The molecule has 1 aliphatic rings. The van der Waals surface area contributed by atoms with Gasteiger partial charge in [0, 0.05) is 19.3 Å². The Morgan fingerprint density at radius 2 is 2.55 bits per heavy atom. The van der Waals surface area contributed by atoms with E-state index in [0.29, 0.717) is 11.6 Å². The van der Waals surface area contributed by atoms with Crippen LogP contribution < -0.4 is 5.32 Å². The molecular formula is C7H8N4. The minimum absolute atomic E-state index is 0.456. The van der Waals surface area contributed by atoms with Gasteiger partial charge in [-0.2, -0.15) is 10.4 Å². The van der Waals surface area contributed by atoms with Gasteiger partial charge in [-0.25, -0.2) is 0 Å². The number of hydrogen-bond acceptors (Lipinski definition) is 3. The zero-order valence-corrected chi connectivity index (χ0v) is 5.99. The third-order valence-corrected chi connectivity index (χ3v) is 1.86. The van der Waals surface area contributed by atoms with Crippen LogP contribution in [0, 0.1) is 11.3 Å². The summed E-state index contributed by atoms with van der Waals surface area (Å²) in [6, 6.07) is 2.50. The van der Waals surface area contributed by atoms with Crippen LogP contribution in [-0.4, -0.2) is 22.9 Å². The summed E-state index contributed by atoms with van der Waals surface area (Å²) in [4.78, 5) is 0. The quantitative estimate of drug-likeness (QED) is 0.605. The molecule has 4 heteroatoms. The molecule has 0 spiro atoms. The second-order valence-electron chi connectivity index (χ2n) is 2.63. The summed E-state index contributed by atoms with van der Waals surface area (Å²) in [6.45, 7) is 1.93. The van der Waals surface area contributed by atoms with Gasteiger partial charge in [-0.15, -0.1) is 0 Å². The van der Waals surface area contributed by atoms with Crippen LogP contribution in [0.15, 0.2) is 12.4 Å². The maximum atomic E-state index is 8.50. The van der Waals surface area contributed by atoms with E-state index < -0.39 is 0 Å². The second kappa shape index (κ2) is 2.36. The van der Waals surface area contributed by atoms with Gasteiger partial charge in [-0.3, -0.25) is 4.68 Å². The van der Waals surface area contributed by atoms with Gasteiger partial charge in [0.25, 0.3) is 0 Å². The Morgan fingerprint density at radius 1 is 1.73 bits per heavy atom. The highest BCUT2D eigenvalue weighted by atomic mass is 15.3. The lowest BCUT2D eigenvalue weighted by Crippen LogP contribution is -2.43. The van der Waals surface area contributed by atoms with E-state index in [-0.39, 0.29) is 0 Å². The molecule has 1 N–H and O–H groups in total. The van der Waals surface area contributed by atoms with Crippen LogP contribution in [0.5, 0.6) is 0 Å². The molecule has 1 aliphatic heterocycles. The predicted molar refractivity (Wildman–Crippen MR) is 38.8 cm³/mol. The minimum Gasteiger partial charge on any atom is -0.312 e. The van der Waals surface area contributed by atoms with Gasteiger partial charge in [-0.05, 0) is 0 Å². The SMILES string of the molecule is N#Cc1cnn(C2CNC2)c1. The molecule has 1 fully saturated rings. The van der Waals surface area contributed by atoms with E-state index in [1.54, 1.807) is 12.4 Å². The molecule has 0 saturated carbocycles. The lowest BCUT2D eigenvalue weighted by atomic mass is 10.2. The molecule has 1 saturated heterocycles. The number of nitrogens with zero attached hydrogens (tertiary/aromatic N) is 3. The number of aromatic nitrogens is 2. The number of hydrogen-bond donors (Lipinski definition) is 1. The zero-order chi connectivity index (χ0) is 7.68. The van der Waals surface area contributed by atoms with E-state index in [4.69, 9.17) is 5.26 Å². The van der Waals surface area contributed by atoms with Crippen molar-refractivity contribution in [1.29, 1.82) is 5.26 Å². The van der Waals surface area contributed by atoms with Crippen LogP contribution in [-0.2, 0) is 0 Å². The molecule has 11 heavy (non-hydrogen) atoms. The Labute approximate surface area is 64.4 Å². The second-order valence-corrected chi connectivity index (χ2v) is 2.63. The molecule has 4 nitrogen and oxygen atoms in total. The lowest BCUT2D eigenvalue weighted by molar-refractivity contribution is 0.318. The summed E-state index contributed by atoms with van der Waals surface area (Å²) in [5, 5.41) is 15.7. The Morgan fingerprint density at radius 3 is 3.00 bits per heavy atom. The van der Waals surface area contributed by atoms with E-state index >= 15 is 0 Å². The van der Waals surface area contributed by atoms with Crippen LogP contribution in [0.3, 0.4) is 0 Å². The normalized spacial score (nSPS) is 17.4. The maximum absolute atomic E-state index is 8.50. The summed E-state index contributed by atoms with van der Waals surface area (Å²) in [7, 11) is 0. The first-order valence-electron chi connectivity index (χ1n) is 3.55. The zero-order valence-electron chi connectivity index (χ0n) is 5.99. The molecule has 0 aromatic carbocycles. The predicted octanol–water partition coefficient (Wildman–Crippen LogP) is -0.101. The molecule has 0 radical (unpaired) electrons. The molecule has 1 aromatic rings. The highest BCUT2D eigenvalue weighted by molar-refractivity contribution is 5.22. The fraction of sp³-hybridized carbons (Fsp3) is 0.429. The van der Waals surface area contributed by atoms with Crippen molar-refractivity contribution in [3.8, 4) is 6.07 Å².